The topological polar surface area (TPSA) is 79.2 Å². The summed E-state index contributed by atoms with van der Waals surface area (Å²) in [5.74, 6) is 1.37. The third-order valence-corrected chi connectivity index (χ3v) is 4.12. The molecule has 0 fully saturated rings. The fourth-order valence-corrected chi connectivity index (χ4v) is 2.77. The lowest BCUT2D eigenvalue weighted by molar-refractivity contribution is -0.0514. The molecule has 0 atom stereocenters. The van der Waals surface area contributed by atoms with Crippen LogP contribution in [0.2, 0.25) is 0 Å². The molecular formula is C23H23F2NO6. The fourth-order valence-electron chi connectivity index (χ4n) is 2.77. The molecule has 0 saturated carbocycles. The monoisotopic (exact) mass is 447 g/mol. The molecule has 1 amide bonds. The van der Waals surface area contributed by atoms with Crippen molar-refractivity contribution >= 4 is 11.6 Å². The van der Waals surface area contributed by atoms with Crippen LogP contribution in [-0.2, 0) is 6.61 Å². The predicted octanol–water partition coefficient (Wildman–Crippen LogP) is 5.51. The normalized spacial score (nSPS) is 10.7. The van der Waals surface area contributed by atoms with E-state index in [0.717, 1.165) is 5.75 Å². The largest absolute Gasteiger partial charge is 0.494 e. The van der Waals surface area contributed by atoms with Crippen LogP contribution in [0.4, 0.5) is 14.5 Å². The molecule has 1 N–H and O–H groups in total. The fraction of sp³-hybridized carbons (Fsp3) is 0.261. The van der Waals surface area contributed by atoms with Crippen molar-refractivity contribution in [3.63, 3.8) is 0 Å². The maximum Gasteiger partial charge on any atom is 0.387 e. The number of carbonyl (C=O) groups excluding carboxylic acids is 1. The van der Waals surface area contributed by atoms with Crippen LogP contribution in [-0.4, -0.2) is 25.7 Å². The molecule has 0 unspecified atom stereocenters. The molecule has 0 spiro atoms. The maximum atomic E-state index is 12.5. The van der Waals surface area contributed by atoms with Gasteiger partial charge in [-0.2, -0.15) is 8.78 Å². The van der Waals surface area contributed by atoms with Crippen LogP contribution in [0.1, 0.15) is 30.2 Å². The van der Waals surface area contributed by atoms with E-state index in [2.05, 4.69) is 10.1 Å². The van der Waals surface area contributed by atoms with Crippen LogP contribution >= 0.6 is 0 Å². The smallest absolute Gasteiger partial charge is 0.387 e. The molecule has 0 aliphatic heterocycles. The summed E-state index contributed by atoms with van der Waals surface area (Å²) in [4.78, 5) is 12.5. The van der Waals surface area contributed by atoms with E-state index in [0.29, 0.717) is 23.8 Å². The predicted molar refractivity (Wildman–Crippen MR) is 113 cm³/mol. The maximum absolute atomic E-state index is 12.5. The van der Waals surface area contributed by atoms with E-state index >= 15 is 0 Å². The first-order chi connectivity index (χ1) is 15.5. The molecule has 32 heavy (non-hydrogen) atoms. The average molecular weight is 447 g/mol. The van der Waals surface area contributed by atoms with Crippen molar-refractivity contribution in [3.05, 3.63) is 66.1 Å². The Morgan fingerprint density at radius 1 is 0.906 bits per heavy atom. The Morgan fingerprint density at radius 3 is 2.25 bits per heavy atom. The Bertz CT molecular complexity index is 1020. The second kappa shape index (κ2) is 11.0. The molecule has 0 aliphatic carbocycles. The van der Waals surface area contributed by atoms with Crippen molar-refractivity contribution in [1.29, 1.82) is 0 Å². The van der Waals surface area contributed by atoms with Gasteiger partial charge >= 0.3 is 6.61 Å². The molecule has 0 radical (unpaired) electrons. The number of hydrogen-bond donors (Lipinski definition) is 1. The Kier molecular flexibility index (Phi) is 7.91. The van der Waals surface area contributed by atoms with Gasteiger partial charge in [0.25, 0.3) is 5.91 Å². The van der Waals surface area contributed by atoms with Crippen molar-refractivity contribution in [2.75, 3.05) is 18.5 Å². The number of benzene rings is 2. The van der Waals surface area contributed by atoms with Crippen LogP contribution < -0.4 is 24.3 Å². The minimum atomic E-state index is -2.99. The number of alkyl halides is 2. The lowest BCUT2D eigenvalue weighted by atomic mass is 10.2. The molecule has 1 heterocycles. The second-order valence-electron chi connectivity index (χ2n) is 6.39. The molecule has 0 saturated heterocycles. The van der Waals surface area contributed by atoms with Gasteiger partial charge in [0.2, 0.25) is 0 Å². The average Bonchev–Trinajstić information content (AvgIpc) is 3.24. The van der Waals surface area contributed by atoms with E-state index in [4.69, 9.17) is 18.6 Å². The third-order valence-electron chi connectivity index (χ3n) is 4.12. The summed E-state index contributed by atoms with van der Waals surface area (Å²) in [6.07, 6.45) is 0. The molecule has 1 aromatic heterocycles. The second-order valence-corrected chi connectivity index (χ2v) is 6.39. The quantitative estimate of drug-likeness (QED) is 0.418. The molecule has 3 aromatic rings. The first-order valence-corrected chi connectivity index (χ1v) is 9.95. The van der Waals surface area contributed by atoms with Crippen molar-refractivity contribution in [3.8, 4) is 23.0 Å². The van der Waals surface area contributed by atoms with Crippen molar-refractivity contribution in [2.24, 2.45) is 0 Å². The zero-order valence-electron chi connectivity index (χ0n) is 17.6. The van der Waals surface area contributed by atoms with Crippen LogP contribution in [0, 0.1) is 0 Å². The highest BCUT2D eigenvalue weighted by Crippen LogP contribution is 2.32. The molecule has 0 bridgehead atoms. The number of rotatable bonds is 11. The van der Waals surface area contributed by atoms with Gasteiger partial charge in [-0.05, 0) is 62.4 Å². The van der Waals surface area contributed by atoms with Crippen LogP contribution in [0.15, 0.2) is 59.0 Å². The summed E-state index contributed by atoms with van der Waals surface area (Å²) in [6.45, 7) is 1.59. The first kappa shape index (κ1) is 22.9. The molecule has 170 valence electrons. The standard InChI is InChI=1S/C23H23F2NO6/c1-3-28-16-6-8-17(9-7-16)30-14-18-10-12-20(31-18)22(27)26-15-5-11-19(32-23(24)25)21(13-15)29-4-2/h5-13,23H,3-4,14H2,1-2H3,(H,26,27). The van der Waals surface area contributed by atoms with Crippen molar-refractivity contribution < 1.29 is 36.9 Å². The van der Waals surface area contributed by atoms with Gasteiger partial charge in [0.15, 0.2) is 17.3 Å². The highest BCUT2D eigenvalue weighted by atomic mass is 19.3. The Balaban J connectivity index is 1.59. The lowest BCUT2D eigenvalue weighted by Gasteiger charge is -2.13. The summed E-state index contributed by atoms with van der Waals surface area (Å²) in [7, 11) is 0. The minimum Gasteiger partial charge on any atom is -0.494 e. The Hall–Kier alpha value is -3.75. The number of ether oxygens (including phenoxy) is 4. The molecular weight excluding hydrogens is 424 g/mol. The van der Waals surface area contributed by atoms with E-state index in [1.165, 1.54) is 24.3 Å². The van der Waals surface area contributed by atoms with Gasteiger partial charge in [-0.25, -0.2) is 0 Å². The minimum absolute atomic E-state index is 0.0705. The van der Waals surface area contributed by atoms with Crippen LogP contribution in [0.25, 0.3) is 0 Å². The number of furan rings is 1. The van der Waals surface area contributed by atoms with Crippen molar-refractivity contribution in [1.82, 2.24) is 0 Å². The van der Waals surface area contributed by atoms with Gasteiger partial charge in [0.05, 0.1) is 13.2 Å². The van der Waals surface area contributed by atoms with Crippen LogP contribution in [0.3, 0.4) is 0 Å². The van der Waals surface area contributed by atoms with E-state index < -0.39 is 12.5 Å². The first-order valence-electron chi connectivity index (χ1n) is 9.95. The summed E-state index contributed by atoms with van der Waals surface area (Å²) in [6, 6.07) is 14.4. The van der Waals surface area contributed by atoms with Gasteiger partial charge in [-0.3, -0.25) is 4.79 Å². The number of nitrogens with one attached hydrogen (secondary N) is 1. The van der Waals surface area contributed by atoms with Gasteiger partial charge in [-0.1, -0.05) is 0 Å². The molecule has 2 aromatic carbocycles. The van der Waals surface area contributed by atoms with Crippen molar-refractivity contribution in [2.45, 2.75) is 27.1 Å². The lowest BCUT2D eigenvalue weighted by Crippen LogP contribution is -2.11. The highest BCUT2D eigenvalue weighted by Gasteiger charge is 2.15. The summed E-state index contributed by atoms with van der Waals surface area (Å²) in [5.41, 5.74) is 0.337. The van der Waals surface area contributed by atoms with E-state index in [-0.39, 0.29) is 30.5 Å². The zero-order valence-corrected chi connectivity index (χ0v) is 17.6. The van der Waals surface area contributed by atoms with Gasteiger partial charge < -0.3 is 28.7 Å². The highest BCUT2D eigenvalue weighted by molar-refractivity contribution is 6.02. The van der Waals surface area contributed by atoms with E-state index in [9.17, 15) is 13.6 Å². The van der Waals surface area contributed by atoms with Gasteiger partial charge in [0.1, 0.15) is 23.9 Å². The number of halogens is 2. The summed E-state index contributed by atoms with van der Waals surface area (Å²) < 4.78 is 51.3. The number of carbonyl (C=O) groups is 1. The summed E-state index contributed by atoms with van der Waals surface area (Å²) >= 11 is 0. The number of hydrogen-bond acceptors (Lipinski definition) is 6. The van der Waals surface area contributed by atoms with Gasteiger partial charge in [-0.15, -0.1) is 0 Å². The molecule has 0 aliphatic rings. The SMILES string of the molecule is CCOc1ccc(OCc2ccc(C(=O)Nc3ccc(OC(F)F)c(OCC)c3)o2)cc1. The number of anilines is 1. The van der Waals surface area contributed by atoms with E-state index in [1.807, 2.05) is 6.92 Å². The van der Waals surface area contributed by atoms with Crippen LogP contribution in [0.5, 0.6) is 23.0 Å². The molecule has 7 nitrogen and oxygen atoms in total. The summed E-state index contributed by atoms with van der Waals surface area (Å²) in [5, 5.41) is 2.63. The zero-order chi connectivity index (χ0) is 22.9. The molecule has 9 heteroatoms. The van der Waals surface area contributed by atoms with Gasteiger partial charge in [0, 0.05) is 11.8 Å². The number of amides is 1. The Labute approximate surface area is 183 Å². The third kappa shape index (κ3) is 6.37. The van der Waals surface area contributed by atoms with E-state index in [1.54, 1.807) is 37.3 Å². The Morgan fingerprint density at radius 2 is 1.59 bits per heavy atom. The molecule has 3 rings (SSSR count).